The molecule has 0 radical (unpaired) electrons. The summed E-state index contributed by atoms with van der Waals surface area (Å²) in [6.07, 6.45) is 4.12. The number of ether oxygens (including phenoxy) is 3. The van der Waals surface area contributed by atoms with Gasteiger partial charge in [0, 0.05) is 18.7 Å². The minimum Gasteiger partial charge on any atom is -0.487 e. The standard InChI is InChI=1S/C21H26N2O3/c1-2-10-22-19(3-1)16-26-20-6-4-17(5-7-20)15-23-11-8-18(9-12-23)21-24-13-14-25-21/h1-7,10,18,21H,8-9,11-16H2. The molecule has 138 valence electrons. The number of rotatable bonds is 6. The fourth-order valence-corrected chi connectivity index (χ4v) is 3.62. The normalized spacial score (nSPS) is 19.7. The highest BCUT2D eigenvalue weighted by Crippen LogP contribution is 2.26. The van der Waals surface area contributed by atoms with Gasteiger partial charge in [-0.05, 0) is 55.8 Å². The molecule has 2 saturated heterocycles. The molecule has 0 aliphatic carbocycles. The van der Waals surface area contributed by atoms with Crippen LogP contribution in [-0.4, -0.2) is 42.5 Å². The lowest BCUT2D eigenvalue weighted by molar-refractivity contribution is -0.0977. The molecule has 0 spiro atoms. The van der Waals surface area contributed by atoms with Gasteiger partial charge in [0.1, 0.15) is 12.4 Å². The Balaban J connectivity index is 1.23. The molecule has 0 saturated carbocycles. The summed E-state index contributed by atoms with van der Waals surface area (Å²) in [6.45, 7) is 5.19. The minimum atomic E-state index is 0.0349. The maximum Gasteiger partial charge on any atom is 0.160 e. The van der Waals surface area contributed by atoms with Crippen molar-refractivity contribution in [2.45, 2.75) is 32.3 Å². The van der Waals surface area contributed by atoms with Crippen molar-refractivity contribution in [1.29, 1.82) is 0 Å². The number of pyridine rings is 1. The lowest BCUT2D eigenvalue weighted by Gasteiger charge is -2.33. The van der Waals surface area contributed by atoms with Crippen LogP contribution in [0.25, 0.3) is 0 Å². The van der Waals surface area contributed by atoms with Crippen LogP contribution in [0.15, 0.2) is 48.7 Å². The van der Waals surface area contributed by atoms with Crippen molar-refractivity contribution < 1.29 is 14.2 Å². The lowest BCUT2D eigenvalue weighted by Crippen LogP contribution is -2.37. The maximum atomic E-state index is 5.80. The summed E-state index contributed by atoms with van der Waals surface area (Å²) in [5, 5.41) is 0. The van der Waals surface area contributed by atoms with E-state index in [0.29, 0.717) is 12.5 Å². The number of hydrogen-bond donors (Lipinski definition) is 0. The topological polar surface area (TPSA) is 43.8 Å². The van der Waals surface area contributed by atoms with E-state index >= 15 is 0 Å². The van der Waals surface area contributed by atoms with Gasteiger partial charge in [0.05, 0.1) is 18.9 Å². The van der Waals surface area contributed by atoms with E-state index in [2.05, 4.69) is 22.0 Å². The van der Waals surface area contributed by atoms with E-state index in [1.54, 1.807) is 6.20 Å². The first-order valence-electron chi connectivity index (χ1n) is 9.44. The van der Waals surface area contributed by atoms with Crippen molar-refractivity contribution in [2.24, 2.45) is 5.92 Å². The summed E-state index contributed by atoms with van der Waals surface area (Å²) in [6, 6.07) is 14.3. The molecule has 2 aliphatic heterocycles. The molecule has 2 aliphatic rings. The van der Waals surface area contributed by atoms with E-state index in [4.69, 9.17) is 14.2 Å². The average molecular weight is 354 g/mol. The van der Waals surface area contributed by atoms with E-state index in [1.165, 1.54) is 5.56 Å². The molecule has 1 aromatic heterocycles. The molecular weight excluding hydrogens is 328 g/mol. The molecule has 2 fully saturated rings. The van der Waals surface area contributed by atoms with Gasteiger partial charge in [-0.15, -0.1) is 0 Å². The second-order valence-corrected chi connectivity index (χ2v) is 6.98. The highest BCUT2D eigenvalue weighted by molar-refractivity contribution is 5.27. The summed E-state index contributed by atoms with van der Waals surface area (Å²) in [5.41, 5.74) is 2.26. The fourth-order valence-electron chi connectivity index (χ4n) is 3.62. The summed E-state index contributed by atoms with van der Waals surface area (Å²) >= 11 is 0. The van der Waals surface area contributed by atoms with Crippen LogP contribution < -0.4 is 4.74 Å². The summed E-state index contributed by atoms with van der Waals surface area (Å²) in [7, 11) is 0. The molecule has 4 rings (SSSR count). The number of hydrogen-bond acceptors (Lipinski definition) is 5. The molecule has 0 bridgehead atoms. The Morgan fingerprint density at radius 3 is 2.46 bits per heavy atom. The third-order valence-electron chi connectivity index (χ3n) is 5.11. The third kappa shape index (κ3) is 4.61. The van der Waals surface area contributed by atoms with Crippen LogP contribution in [0.4, 0.5) is 0 Å². The summed E-state index contributed by atoms with van der Waals surface area (Å²) < 4.78 is 17.1. The van der Waals surface area contributed by atoms with Gasteiger partial charge in [-0.2, -0.15) is 0 Å². The number of likely N-dealkylation sites (tertiary alicyclic amines) is 1. The van der Waals surface area contributed by atoms with Crippen molar-refractivity contribution in [1.82, 2.24) is 9.88 Å². The van der Waals surface area contributed by atoms with Crippen molar-refractivity contribution in [3.05, 3.63) is 59.9 Å². The van der Waals surface area contributed by atoms with E-state index in [0.717, 1.165) is 57.1 Å². The van der Waals surface area contributed by atoms with Gasteiger partial charge >= 0.3 is 0 Å². The van der Waals surface area contributed by atoms with Gasteiger partial charge in [-0.1, -0.05) is 18.2 Å². The van der Waals surface area contributed by atoms with E-state index in [9.17, 15) is 0 Å². The Hall–Kier alpha value is -1.95. The van der Waals surface area contributed by atoms with Crippen LogP contribution >= 0.6 is 0 Å². The van der Waals surface area contributed by atoms with Gasteiger partial charge in [0.2, 0.25) is 0 Å². The largest absolute Gasteiger partial charge is 0.487 e. The first-order chi connectivity index (χ1) is 12.9. The molecule has 5 nitrogen and oxygen atoms in total. The van der Waals surface area contributed by atoms with Crippen LogP contribution in [-0.2, 0) is 22.6 Å². The number of piperidine rings is 1. The van der Waals surface area contributed by atoms with Gasteiger partial charge in [0.15, 0.2) is 6.29 Å². The first-order valence-corrected chi connectivity index (χ1v) is 9.44. The zero-order chi connectivity index (χ0) is 17.6. The van der Waals surface area contributed by atoms with Gasteiger partial charge in [-0.3, -0.25) is 9.88 Å². The van der Waals surface area contributed by atoms with Gasteiger partial charge in [-0.25, -0.2) is 0 Å². The van der Waals surface area contributed by atoms with Crippen LogP contribution in [0.3, 0.4) is 0 Å². The second kappa shape index (κ2) is 8.62. The Labute approximate surface area is 154 Å². The Bertz CT molecular complexity index is 663. The predicted molar refractivity (Wildman–Crippen MR) is 98.7 cm³/mol. The van der Waals surface area contributed by atoms with E-state index < -0.39 is 0 Å². The van der Waals surface area contributed by atoms with Crippen LogP contribution in [0, 0.1) is 5.92 Å². The van der Waals surface area contributed by atoms with Gasteiger partial charge < -0.3 is 14.2 Å². The highest BCUT2D eigenvalue weighted by atomic mass is 16.7. The van der Waals surface area contributed by atoms with Crippen LogP contribution in [0.5, 0.6) is 5.75 Å². The SMILES string of the molecule is c1ccc(COc2ccc(CN3CCC(C4OCCO4)CC3)cc2)nc1. The van der Waals surface area contributed by atoms with E-state index in [1.807, 2.05) is 30.3 Å². The molecule has 0 N–H and O–H groups in total. The lowest BCUT2D eigenvalue weighted by atomic mass is 9.96. The monoisotopic (exact) mass is 354 g/mol. The van der Waals surface area contributed by atoms with E-state index in [-0.39, 0.29) is 6.29 Å². The molecule has 1 aromatic carbocycles. The number of benzene rings is 1. The Morgan fingerprint density at radius 1 is 1.00 bits per heavy atom. The number of nitrogens with zero attached hydrogens (tertiary/aromatic N) is 2. The second-order valence-electron chi connectivity index (χ2n) is 6.98. The summed E-state index contributed by atoms with van der Waals surface area (Å²) in [4.78, 5) is 6.78. The Kier molecular flexibility index (Phi) is 5.79. The zero-order valence-corrected chi connectivity index (χ0v) is 15.0. The molecule has 0 unspecified atom stereocenters. The predicted octanol–water partition coefficient (Wildman–Crippen LogP) is 3.25. The zero-order valence-electron chi connectivity index (χ0n) is 15.0. The molecule has 5 heteroatoms. The molecular formula is C21H26N2O3. The van der Waals surface area contributed by atoms with Crippen molar-refractivity contribution in [2.75, 3.05) is 26.3 Å². The third-order valence-corrected chi connectivity index (χ3v) is 5.11. The fraction of sp³-hybridized carbons (Fsp3) is 0.476. The average Bonchev–Trinajstić information content (AvgIpc) is 3.24. The van der Waals surface area contributed by atoms with Crippen molar-refractivity contribution in [3.8, 4) is 5.75 Å². The van der Waals surface area contributed by atoms with Crippen LogP contribution in [0.2, 0.25) is 0 Å². The molecule has 2 aromatic rings. The molecule has 26 heavy (non-hydrogen) atoms. The quantitative estimate of drug-likeness (QED) is 0.797. The van der Waals surface area contributed by atoms with Crippen molar-refractivity contribution in [3.63, 3.8) is 0 Å². The molecule has 0 atom stereocenters. The molecule has 3 heterocycles. The number of aromatic nitrogens is 1. The maximum absolute atomic E-state index is 5.80. The first kappa shape index (κ1) is 17.5. The highest BCUT2D eigenvalue weighted by Gasteiger charge is 2.30. The molecule has 0 amide bonds. The van der Waals surface area contributed by atoms with Crippen LogP contribution in [0.1, 0.15) is 24.1 Å². The summed E-state index contributed by atoms with van der Waals surface area (Å²) in [5.74, 6) is 1.43. The van der Waals surface area contributed by atoms with Crippen molar-refractivity contribution >= 4 is 0 Å². The smallest absolute Gasteiger partial charge is 0.160 e. The van der Waals surface area contributed by atoms with Gasteiger partial charge in [0.25, 0.3) is 0 Å². The minimum absolute atomic E-state index is 0.0349. The Morgan fingerprint density at radius 2 is 1.77 bits per heavy atom.